The molecule has 1 N–H and O–H groups in total. The van der Waals surface area contributed by atoms with E-state index >= 15 is 0 Å². The molecule has 0 radical (unpaired) electrons. The Morgan fingerprint density at radius 3 is 2.58 bits per heavy atom. The Bertz CT molecular complexity index is 1040. The number of rotatable bonds is 4. The fraction of sp³-hybridized carbons (Fsp3) is 0.400. The molecule has 1 saturated heterocycles. The molecule has 3 aromatic rings. The summed E-state index contributed by atoms with van der Waals surface area (Å²) in [7, 11) is 0. The fourth-order valence-corrected chi connectivity index (χ4v) is 4.89. The molecule has 0 unspecified atom stereocenters. The number of hydrogen-bond acceptors (Lipinski definition) is 3. The van der Waals surface area contributed by atoms with E-state index in [9.17, 15) is 8.78 Å². The van der Waals surface area contributed by atoms with E-state index in [1.54, 1.807) is 4.68 Å². The maximum Gasteiger partial charge on any atom is 0.151 e. The van der Waals surface area contributed by atoms with Crippen LogP contribution < -0.4 is 5.32 Å². The first-order chi connectivity index (χ1) is 15.2. The molecule has 31 heavy (non-hydrogen) atoms. The van der Waals surface area contributed by atoms with E-state index in [4.69, 9.17) is 5.10 Å². The van der Waals surface area contributed by atoms with Crippen molar-refractivity contribution in [2.24, 2.45) is 0 Å². The molecule has 4 nitrogen and oxygen atoms in total. The number of likely N-dealkylation sites (tertiary alicyclic amines) is 1. The predicted molar refractivity (Wildman–Crippen MR) is 119 cm³/mol. The highest BCUT2D eigenvalue weighted by atomic mass is 19.1. The van der Waals surface area contributed by atoms with Crippen LogP contribution in [0.2, 0.25) is 0 Å². The minimum absolute atomic E-state index is 0.305. The van der Waals surface area contributed by atoms with E-state index in [2.05, 4.69) is 40.5 Å². The molecule has 6 heteroatoms. The number of fused-ring (bicyclic) bond motifs is 1. The fourth-order valence-electron chi connectivity index (χ4n) is 4.89. The Labute approximate surface area is 181 Å². The van der Waals surface area contributed by atoms with Gasteiger partial charge in [0.05, 0.1) is 5.69 Å². The van der Waals surface area contributed by atoms with Gasteiger partial charge in [-0.1, -0.05) is 30.3 Å². The SMILES string of the molecule is Fc1ccc(-n2nc(C3CCN(Cc4ccccc4)CC3)c3c2NCCCC3)c(F)c1. The number of hydrogen-bond donors (Lipinski definition) is 1. The number of benzene rings is 2. The van der Waals surface area contributed by atoms with Crippen molar-refractivity contribution in [3.05, 3.63) is 77.0 Å². The Balaban J connectivity index is 1.40. The van der Waals surface area contributed by atoms with Gasteiger partial charge >= 0.3 is 0 Å². The van der Waals surface area contributed by atoms with Crippen LogP contribution in [0.25, 0.3) is 5.69 Å². The van der Waals surface area contributed by atoms with Gasteiger partial charge in [-0.15, -0.1) is 0 Å². The molecule has 0 aliphatic carbocycles. The Kier molecular flexibility index (Phi) is 5.72. The van der Waals surface area contributed by atoms with Gasteiger partial charge in [-0.25, -0.2) is 13.5 Å². The molecule has 3 heterocycles. The number of piperidine rings is 1. The summed E-state index contributed by atoms with van der Waals surface area (Å²) in [4.78, 5) is 2.50. The maximum atomic E-state index is 14.6. The quantitative estimate of drug-likeness (QED) is 0.621. The lowest BCUT2D eigenvalue weighted by molar-refractivity contribution is 0.203. The van der Waals surface area contributed by atoms with Crippen LogP contribution in [0.15, 0.2) is 48.5 Å². The molecule has 2 aromatic carbocycles. The van der Waals surface area contributed by atoms with Crippen molar-refractivity contribution >= 4 is 5.82 Å². The molecule has 0 bridgehead atoms. The Morgan fingerprint density at radius 2 is 1.81 bits per heavy atom. The zero-order valence-corrected chi connectivity index (χ0v) is 17.7. The summed E-state index contributed by atoms with van der Waals surface area (Å²) in [6.45, 7) is 3.87. The van der Waals surface area contributed by atoms with Crippen LogP contribution in [-0.2, 0) is 13.0 Å². The summed E-state index contributed by atoms with van der Waals surface area (Å²) in [5.74, 6) is 0.0919. The van der Waals surface area contributed by atoms with Crippen molar-refractivity contribution in [2.45, 2.75) is 44.6 Å². The van der Waals surface area contributed by atoms with E-state index in [1.165, 1.54) is 23.3 Å². The molecular weight excluding hydrogens is 394 g/mol. The predicted octanol–water partition coefficient (Wildman–Crippen LogP) is 5.28. The summed E-state index contributed by atoms with van der Waals surface area (Å²) >= 11 is 0. The Hall–Kier alpha value is -2.73. The largest absolute Gasteiger partial charge is 0.370 e. The van der Waals surface area contributed by atoms with Gasteiger partial charge in [0.1, 0.15) is 17.3 Å². The maximum absolute atomic E-state index is 14.6. The molecular formula is C25H28F2N4. The summed E-state index contributed by atoms with van der Waals surface area (Å²) in [6, 6.07) is 14.3. The van der Waals surface area contributed by atoms with E-state index in [0.717, 1.165) is 75.9 Å². The van der Waals surface area contributed by atoms with Crippen LogP contribution >= 0.6 is 0 Å². The number of anilines is 1. The lowest BCUT2D eigenvalue weighted by atomic mass is 9.90. The molecule has 162 valence electrons. The highest BCUT2D eigenvalue weighted by Gasteiger charge is 2.29. The topological polar surface area (TPSA) is 33.1 Å². The second-order valence-corrected chi connectivity index (χ2v) is 8.64. The van der Waals surface area contributed by atoms with Gasteiger partial charge in [0.15, 0.2) is 5.82 Å². The average molecular weight is 423 g/mol. The second kappa shape index (κ2) is 8.79. The Morgan fingerprint density at radius 1 is 1.00 bits per heavy atom. The molecule has 1 fully saturated rings. The van der Waals surface area contributed by atoms with Crippen molar-refractivity contribution in [3.8, 4) is 5.69 Å². The van der Waals surface area contributed by atoms with E-state index in [0.29, 0.717) is 11.6 Å². The molecule has 1 aromatic heterocycles. The van der Waals surface area contributed by atoms with E-state index < -0.39 is 11.6 Å². The molecule has 2 aliphatic heterocycles. The van der Waals surface area contributed by atoms with Gasteiger partial charge in [-0.3, -0.25) is 4.90 Å². The molecule has 0 spiro atoms. The van der Waals surface area contributed by atoms with E-state index in [-0.39, 0.29) is 0 Å². The zero-order chi connectivity index (χ0) is 21.2. The molecule has 2 aliphatic rings. The lowest BCUT2D eigenvalue weighted by Crippen LogP contribution is -2.32. The van der Waals surface area contributed by atoms with E-state index in [1.807, 2.05) is 0 Å². The summed E-state index contributed by atoms with van der Waals surface area (Å²) in [5, 5.41) is 8.36. The highest BCUT2D eigenvalue weighted by Crippen LogP contribution is 2.37. The third-order valence-electron chi connectivity index (χ3n) is 6.52. The number of nitrogens with one attached hydrogen (secondary N) is 1. The van der Waals surface area contributed by atoms with Crippen molar-refractivity contribution < 1.29 is 8.78 Å². The highest BCUT2D eigenvalue weighted by molar-refractivity contribution is 5.55. The van der Waals surface area contributed by atoms with Gasteiger partial charge in [-0.2, -0.15) is 5.10 Å². The smallest absolute Gasteiger partial charge is 0.151 e. The van der Waals surface area contributed by atoms with Crippen molar-refractivity contribution in [3.63, 3.8) is 0 Å². The first-order valence-corrected chi connectivity index (χ1v) is 11.3. The summed E-state index contributed by atoms with van der Waals surface area (Å²) in [6.07, 6.45) is 5.21. The van der Waals surface area contributed by atoms with Crippen LogP contribution in [0.3, 0.4) is 0 Å². The van der Waals surface area contributed by atoms with Crippen LogP contribution in [0.5, 0.6) is 0 Å². The zero-order valence-electron chi connectivity index (χ0n) is 17.7. The lowest BCUT2D eigenvalue weighted by Gasteiger charge is -2.31. The average Bonchev–Trinajstić information content (AvgIpc) is 2.96. The van der Waals surface area contributed by atoms with Gasteiger partial charge in [0, 0.05) is 30.6 Å². The van der Waals surface area contributed by atoms with Crippen LogP contribution in [0, 0.1) is 11.6 Å². The standard InChI is InChI=1S/C25H28F2N4/c26-20-9-10-23(22(27)16-20)31-25-21(8-4-5-13-28-25)24(29-31)19-11-14-30(15-12-19)17-18-6-2-1-3-7-18/h1-3,6-7,9-10,16,19,28H,4-5,8,11-15,17H2. The third kappa shape index (κ3) is 4.22. The molecule has 5 rings (SSSR count). The molecule has 0 saturated carbocycles. The normalized spacial score (nSPS) is 17.7. The van der Waals surface area contributed by atoms with Crippen molar-refractivity contribution in [1.82, 2.24) is 14.7 Å². The minimum Gasteiger partial charge on any atom is -0.370 e. The molecule has 0 atom stereocenters. The number of nitrogens with zero attached hydrogens (tertiary/aromatic N) is 3. The van der Waals surface area contributed by atoms with Gasteiger partial charge in [-0.05, 0) is 62.9 Å². The summed E-state index contributed by atoms with van der Waals surface area (Å²) < 4.78 is 29.7. The van der Waals surface area contributed by atoms with Gasteiger partial charge in [0.2, 0.25) is 0 Å². The number of aromatic nitrogens is 2. The van der Waals surface area contributed by atoms with Crippen LogP contribution in [-0.4, -0.2) is 34.3 Å². The van der Waals surface area contributed by atoms with Gasteiger partial charge < -0.3 is 5.32 Å². The first kappa shape index (κ1) is 20.2. The monoisotopic (exact) mass is 422 g/mol. The van der Waals surface area contributed by atoms with Crippen molar-refractivity contribution in [2.75, 3.05) is 25.0 Å². The second-order valence-electron chi connectivity index (χ2n) is 8.64. The third-order valence-corrected chi connectivity index (χ3v) is 6.52. The minimum atomic E-state index is -0.583. The van der Waals surface area contributed by atoms with Crippen LogP contribution in [0.4, 0.5) is 14.6 Å². The molecule has 0 amide bonds. The summed E-state index contributed by atoms with van der Waals surface area (Å²) in [5.41, 5.74) is 3.95. The van der Waals surface area contributed by atoms with Crippen LogP contribution in [0.1, 0.15) is 48.4 Å². The first-order valence-electron chi connectivity index (χ1n) is 11.3. The van der Waals surface area contributed by atoms with Crippen molar-refractivity contribution in [1.29, 1.82) is 0 Å². The number of halogens is 2. The van der Waals surface area contributed by atoms with Gasteiger partial charge in [0.25, 0.3) is 0 Å².